The van der Waals surface area contributed by atoms with Crippen LogP contribution in [-0.2, 0) is 13.6 Å². The summed E-state index contributed by atoms with van der Waals surface area (Å²) in [6.45, 7) is 0.334. The Morgan fingerprint density at radius 1 is 1.38 bits per heavy atom. The van der Waals surface area contributed by atoms with Crippen molar-refractivity contribution in [1.29, 1.82) is 0 Å². The molecule has 2 aromatic heterocycles. The van der Waals surface area contributed by atoms with Gasteiger partial charge in [0.2, 0.25) is 0 Å². The van der Waals surface area contributed by atoms with E-state index in [2.05, 4.69) is 10.1 Å². The van der Waals surface area contributed by atoms with E-state index < -0.39 is 0 Å². The molecular formula is C14H13ClN4O2. The van der Waals surface area contributed by atoms with Crippen LogP contribution in [0.5, 0.6) is 5.75 Å². The topological polar surface area (TPSA) is 61.9 Å². The van der Waals surface area contributed by atoms with E-state index in [1.165, 1.54) is 17.1 Å². The Hall–Kier alpha value is -2.34. The molecule has 3 rings (SSSR count). The fraction of sp³-hybridized carbons (Fsp3) is 0.214. The van der Waals surface area contributed by atoms with Crippen LogP contribution < -0.4 is 10.3 Å². The molecule has 108 valence electrons. The highest BCUT2D eigenvalue weighted by atomic mass is 35.5. The molecule has 2 heterocycles. The van der Waals surface area contributed by atoms with Crippen LogP contribution >= 0.6 is 11.6 Å². The Bertz CT molecular complexity index is 869. The molecule has 0 aliphatic carbocycles. The molecule has 7 heteroatoms. The zero-order valence-corrected chi connectivity index (χ0v) is 12.3. The molecule has 21 heavy (non-hydrogen) atoms. The van der Waals surface area contributed by atoms with E-state index in [1.807, 2.05) is 0 Å². The summed E-state index contributed by atoms with van der Waals surface area (Å²) in [4.78, 5) is 16.7. The van der Waals surface area contributed by atoms with E-state index in [-0.39, 0.29) is 5.56 Å². The molecule has 0 saturated carbocycles. The third-order valence-corrected chi connectivity index (χ3v) is 3.54. The van der Waals surface area contributed by atoms with Gasteiger partial charge in [-0.15, -0.1) is 0 Å². The number of aryl methyl sites for hydroxylation is 1. The molecule has 0 atom stereocenters. The Labute approximate surface area is 125 Å². The zero-order chi connectivity index (χ0) is 15.0. The second kappa shape index (κ2) is 5.21. The number of ether oxygens (including phenoxy) is 1. The first-order valence-electron chi connectivity index (χ1n) is 6.29. The highest BCUT2D eigenvalue weighted by molar-refractivity contribution is 6.30. The molecule has 0 saturated heterocycles. The summed E-state index contributed by atoms with van der Waals surface area (Å²) < 4.78 is 8.38. The highest BCUT2D eigenvalue weighted by Crippen LogP contribution is 2.23. The Kier molecular flexibility index (Phi) is 3.39. The fourth-order valence-corrected chi connectivity index (χ4v) is 2.43. The van der Waals surface area contributed by atoms with Gasteiger partial charge in [0.15, 0.2) is 5.65 Å². The number of rotatable bonds is 3. The lowest BCUT2D eigenvalue weighted by atomic mass is 10.2. The second-order valence-corrected chi connectivity index (χ2v) is 5.08. The lowest BCUT2D eigenvalue weighted by molar-refractivity contribution is 0.408. The standard InChI is InChI=1S/C14H13ClN4O2/c1-18-13-11(6-17-18)14(20)19(8-16-13)7-9-5-10(15)3-4-12(9)21-2/h3-6,8H,7H2,1-2H3. The van der Waals surface area contributed by atoms with Crippen molar-refractivity contribution in [3.05, 3.63) is 51.7 Å². The minimum atomic E-state index is -0.143. The van der Waals surface area contributed by atoms with Gasteiger partial charge in [-0.05, 0) is 18.2 Å². The van der Waals surface area contributed by atoms with E-state index in [9.17, 15) is 4.79 Å². The van der Waals surface area contributed by atoms with E-state index in [4.69, 9.17) is 16.3 Å². The summed E-state index contributed by atoms with van der Waals surface area (Å²) in [5, 5.41) is 5.13. The molecule has 1 aromatic carbocycles. The minimum Gasteiger partial charge on any atom is -0.496 e. The van der Waals surface area contributed by atoms with Gasteiger partial charge < -0.3 is 4.74 Å². The highest BCUT2D eigenvalue weighted by Gasteiger charge is 2.10. The van der Waals surface area contributed by atoms with Crippen LogP contribution in [-0.4, -0.2) is 26.4 Å². The number of benzene rings is 1. The van der Waals surface area contributed by atoms with Crippen molar-refractivity contribution >= 4 is 22.6 Å². The number of aromatic nitrogens is 4. The Morgan fingerprint density at radius 3 is 2.95 bits per heavy atom. The molecular weight excluding hydrogens is 292 g/mol. The monoisotopic (exact) mass is 304 g/mol. The average molecular weight is 305 g/mol. The molecule has 0 unspecified atom stereocenters. The molecule has 0 aliphatic heterocycles. The number of nitrogens with zero attached hydrogens (tertiary/aromatic N) is 4. The van der Waals surface area contributed by atoms with Crippen molar-refractivity contribution in [2.45, 2.75) is 6.54 Å². The van der Waals surface area contributed by atoms with E-state index in [0.29, 0.717) is 28.4 Å². The molecule has 3 aromatic rings. The molecule has 0 aliphatic rings. The Morgan fingerprint density at radius 2 is 2.19 bits per heavy atom. The van der Waals surface area contributed by atoms with Crippen molar-refractivity contribution in [2.75, 3.05) is 7.11 Å². The first-order chi connectivity index (χ1) is 10.1. The first-order valence-corrected chi connectivity index (χ1v) is 6.67. The number of halogens is 1. The molecule has 6 nitrogen and oxygen atoms in total. The maximum Gasteiger partial charge on any atom is 0.264 e. The summed E-state index contributed by atoms with van der Waals surface area (Å²) in [6.07, 6.45) is 3.03. The van der Waals surface area contributed by atoms with Gasteiger partial charge in [0.25, 0.3) is 5.56 Å². The minimum absolute atomic E-state index is 0.143. The van der Waals surface area contributed by atoms with E-state index >= 15 is 0 Å². The largest absolute Gasteiger partial charge is 0.496 e. The number of methoxy groups -OCH3 is 1. The van der Waals surface area contributed by atoms with Crippen molar-refractivity contribution in [2.24, 2.45) is 7.05 Å². The van der Waals surface area contributed by atoms with Gasteiger partial charge in [-0.2, -0.15) is 5.10 Å². The van der Waals surface area contributed by atoms with Gasteiger partial charge in [0.05, 0.1) is 19.9 Å². The van der Waals surface area contributed by atoms with Crippen LogP contribution in [0.4, 0.5) is 0 Å². The van der Waals surface area contributed by atoms with Crippen LogP contribution in [0.2, 0.25) is 5.02 Å². The third kappa shape index (κ3) is 2.38. The normalized spacial score (nSPS) is 11.0. The molecule has 0 N–H and O–H groups in total. The van der Waals surface area contributed by atoms with Gasteiger partial charge in [0, 0.05) is 17.6 Å². The van der Waals surface area contributed by atoms with Crippen LogP contribution in [0.1, 0.15) is 5.56 Å². The predicted molar refractivity (Wildman–Crippen MR) is 79.9 cm³/mol. The molecule has 0 fully saturated rings. The average Bonchev–Trinajstić information content (AvgIpc) is 2.84. The van der Waals surface area contributed by atoms with Crippen molar-refractivity contribution in [3.63, 3.8) is 0 Å². The maximum atomic E-state index is 12.4. The maximum absolute atomic E-state index is 12.4. The summed E-state index contributed by atoms with van der Waals surface area (Å²) in [7, 11) is 3.33. The smallest absolute Gasteiger partial charge is 0.264 e. The van der Waals surface area contributed by atoms with Crippen LogP contribution in [0.15, 0.2) is 35.5 Å². The van der Waals surface area contributed by atoms with Gasteiger partial charge in [-0.1, -0.05) is 11.6 Å². The zero-order valence-electron chi connectivity index (χ0n) is 11.6. The quantitative estimate of drug-likeness (QED) is 0.741. The predicted octanol–water partition coefficient (Wildman–Crippen LogP) is 1.84. The number of hydrogen-bond acceptors (Lipinski definition) is 4. The van der Waals surface area contributed by atoms with E-state index in [0.717, 1.165) is 5.56 Å². The van der Waals surface area contributed by atoms with Gasteiger partial charge in [-0.3, -0.25) is 14.0 Å². The summed E-state index contributed by atoms with van der Waals surface area (Å²) in [6, 6.07) is 5.30. The summed E-state index contributed by atoms with van der Waals surface area (Å²) in [5.41, 5.74) is 1.24. The molecule has 0 spiro atoms. The van der Waals surface area contributed by atoms with E-state index in [1.54, 1.807) is 37.0 Å². The van der Waals surface area contributed by atoms with Crippen molar-refractivity contribution < 1.29 is 4.74 Å². The van der Waals surface area contributed by atoms with Gasteiger partial charge >= 0.3 is 0 Å². The third-order valence-electron chi connectivity index (χ3n) is 3.30. The lowest BCUT2D eigenvalue weighted by Gasteiger charge is -2.10. The molecule has 0 radical (unpaired) electrons. The lowest BCUT2D eigenvalue weighted by Crippen LogP contribution is -2.21. The summed E-state index contributed by atoms with van der Waals surface area (Å²) in [5.74, 6) is 0.678. The number of fused-ring (bicyclic) bond motifs is 1. The first kappa shape index (κ1) is 13.6. The van der Waals surface area contributed by atoms with Crippen LogP contribution in [0.25, 0.3) is 11.0 Å². The second-order valence-electron chi connectivity index (χ2n) is 4.64. The number of hydrogen-bond donors (Lipinski definition) is 0. The Balaban J connectivity index is 2.08. The summed E-state index contributed by atoms with van der Waals surface area (Å²) >= 11 is 6.01. The molecule has 0 bridgehead atoms. The van der Waals surface area contributed by atoms with Crippen molar-refractivity contribution in [1.82, 2.24) is 19.3 Å². The fourth-order valence-electron chi connectivity index (χ4n) is 2.23. The molecule has 0 amide bonds. The SMILES string of the molecule is COc1ccc(Cl)cc1Cn1cnc2c(cnn2C)c1=O. The van der Waals surface area contributed by atoms with Crippen LogP contribution in [0.3, 0.4) is 0 Å². The van der Waals surface area contributed by atoms with Crippen molar-refractivity contribution in [3.8, 4) is 5.75 Å². The van der Waals surface area contributed by atoms with Gasteiger partial charge in [-0.25, -0.2) is 4.98 Å². The van der Waals surface area contributed by atoms with Crippen LogP contribution in [0, 0.1) is 0 Å². The van der Waals surface area contributed by atoms with Gasteiger partial charge in [0.1, 0.15) is 17.5 Å².